The minimum Gasteiger partial charge on any atom is -0.421 e. The van der Waals surface area contributed by atoms with Gasteiger partial charge in [-0.2, -0.15) is 0 Å². The highest BCUT2D eigenvalue weighted by Crippen LogP contribution is 2.32. The molecule has 0 unspecified atom stereocenters. The Kier molecular flexibility index (Phi) is 9.86. The van der Waals surface area contributed by atoms with E-state index in [1.807, 2.05) is 56.0 Å². The van der Waals surface area contributed by atoms with E-state index < -0.39 is 35.8 Å². The summed E-state index contributed by atoms with van der Waals surface area (Å²) in [5, 5.41) is 19.6. The number of amides is 4. The molecule has 4 atom stereocenters. The molecule has 12 nitrogen and oxygen atoms in total. The van der Waals surface area contributed by atoms with Gasteiger partial charge in [0.25, 0.3) is 0 Å². The summed E-state index contributed by atoms with van der Waals surface area (Å²) in [6, 6.07) is 7.38. The molecule has 4 amide bonds. The molecule has 12 heteroatoms. The summed E-state index contributed by atoms with van der Waals surface area (Å²) in [4.78, 5) is 53.8. The van der Waals surface area contributed by atoms with Crippen LogP contribution in [-0.2, 0) is 25.6 Å². The average molecular weight is 554 g/mol. The zero-order valence-corrected chi connectivity index (χ0v) is 23.3. The number of nitrogens with zero attached hydrogens (tertiary/aromatic N) is 3. The fourth-order valence-corrected chi connectivity index (χ4v) is 5.34. The summed E-state index contributed by atoms with van der Waals surface area (Å²) in [5.41, 5.74) is 0.960. The standard InChI is InChI=1S/C28H39N7O5/c1-4-21-28-34-33-27(40-28)20(14-18-9-6-5-7-10-18)32-24(37)15-29-25(38)19(13-17(2)3)31-23(36)16-30-26(39)22-11-8-12-35(21)22/h5-7,9-10,17,19-22H,4,8,11-16H2,1-3H3,(H,29,38)(H,30,39)(H,31,36)(H,32,37)/t19-,20-,21+,22-/m0/s1. The third-order valence-electron chi connectivity index (χ3n) is 7.25. The SMILES string of the molecule is CC[C@@H]1c2nnc(o2)[C@H](Cc2ccccc2)NC(=O)CNC(=O)[C@H](CC(C)C)NC(=O)CNC(=O)[C@@H]2CCCN12. The van der Waals surface area contributed by atoms with E-state index in [0.29, 0.717) is 38.1 Å². The van der Waals surface area contributed by atoms with Crippen molar-refractivity contribution in [1.82, 2.24) is 36.4 Å². The summed E-state index contributed by atoms with van der Waals surface area (Å²) >= 11 is 0. The molecule has 2 aliphatic heterocycles. The van der Waals surface area contributed by atoms with Crippen molar-refractivity contribution < 1.29 is 23.6 Å². The first-order valence-corrected chi connectivity index (χ1v) is 14.0. The monoisotopic (exact) mass is 553 g/mol. The lowest BCUT2D eigenvalue weighted by Gasteiger charge is -2.29. The van der Waals surface area contributed by atoms with Crippen LogP contribution in [-0.4, -0.2) is 70.4 Å². The Morgan fingerprint density at radius 3 is 2.25 bits per heavy atom. The van der Waals surface area contributed by atoms with E-state index >= 15 is 0 Å². The molecule has 1 aromatic carbocycles. The van der Waals surface area contributed by atoms with E-state index in [9.17, 15) is 19.2 Å². The fourth-order valence-electron chi connectivity index (χ4n) is 5.34. The third-order valence-corrected chi connectivity index (χ3v) is 7.25. The summed E-state index contributed by atoms with van der Waals surface area (Å²) in [5.74, 6) is -0.902. The van der Waals surface area contributed by atoms with Gasteiger partial charge in [-0.05, 0) is 43.7 Å². The van der Waals surface area contributed by atoms with Crippen LogP contribution in [0.5, 0.6) is 0 Å². The molecule has 1 saturated heterocycles. The Morgan fingerprint density at radius 2 is 1.57 bits per heavy atom. The van der Waals surface area contributed by atoms with Gasteiger partial charge in [-0.3, -0.25) is 24.1 Å². The van der Waals surface area contributed by atoms with Crippen molar-refractivity contribution in [3.63, 3.8) is 0 Å². The molecule has 216 valence electrons. The minimum absolute atomic E-state index is 0.109. The van der Waals surface area contributed by atoms with Gasteiger partial charge in [0.1, 0.15) is 12.1 Å². The van der Waals surface area contributed by atoms with E-state index in [-0.39, 0.29) is 36.8 Å². The number of carbonyl (C=O) groups excluding carboxylic acids is 4. The smallest absolute Gasteiger partial charge is 0.243 e. The van der Waals surface area contributed by atoms with E-state index in [1.165, 1.54) is 0 Å². The molecule has 3 heterocycles. The van der Waals surface area contributed by atoms with Crippen LogP contribution >= 0.6 is 0 Å². The van der Waals surface area contributed by atoms with Crippen LogP contribution in [0.3, 0.4) is 0 Å². The first-order valence-electron chi connectivity index (χ1n) is 14.0. The molecule has 40 heavy (non-hydrogen) atoms. The van der Waals surface area contributed by atoms with Gasteiger partial charge in [-0.25, -0.2) is 0 Å². The Labute approximate surface area is 234 Å². The van der Waals surface area contributed by atoms with Gasteiger partial charge in [0.05, 0.1) is 25.2 Å². The molecule has 2 aliphatic rings. The number of carbonyl (C=O) groups is 4. The Morgan fingerprint density at radius 1 is 0.925 bits per heavy atom. The second-order valence-corrected chi connectivity index (χ2v) is 10.8. The van der Waals surface area contributed by atoms with Crippen molar-refractivity contribution in [2.75, 3.05) is 19.6 Å². The van der Waals surface area contributed by atoms with Crippen molar-refractivity contribution in [2.24, 2.45) is 5.92 Å². The van der Waals surface area contributed by atoms with Gasteiger partial charge < -0.3 is 25.7 Å². The molecular formula is C28H39N7O5. The van der Waals surface area contributed by atoms with Gasteiger partial charge in [-0.1, -0.05) is 51.1 Å². The van der Waals surface area contributed by atoms with Crippen molar-refractivity contribution in [3.05, 3.63) is 47.7 Å². The molecule has 0 radical (unpaired) electrons. The van der Waals surface area contributed by atoms with E-state index in [2.05, 4.69) is 31.5 Å². The maximum Gasteiger partial charge on any atom is 0.243 e. The van der Waals surface area contributed by atoms with Crippen LogP contribution in [0.15, 0.2) is 34.7 Å². The van der Waals surface area contributed by atoms with Crippen molar-refractivity contribution in [1.29, 1.82) is 0 Å². The topological polar surface area (TPSA) is 159 Å². The maximum atomic E-state index is 13.1. The zero-order valence-electron chi connectivity index (χ0n) is 23.3. The van der Waals surface area contributed by atoms with Gasteiger partial charge >= 0.3 is 0 Å². The number of hydrogen-bond donors (Lipinski definition) is 4. The molecule has 0 spiro atoms. The first-order chi connectivity index (χ1) is 19.2. The molecule has 1 aromatic heterocycles. The molecular weight excluding hydrogens is 514 g/mol. The van der Waals surface area contributed by atoms with Gasteiger partial charge in [0, 0.05) is 6.42 Å². The van der Waals surface area contributed by atoms with E-state index in [4.69, 9.17) is 4.42 Å². The van der Waals surface area contributed by atoms with Crippen LogP contribution < -0.4 is 21.3 Å². The Hall–Kier alpha value is -3.80. The number of nitrogens with one attached hydrogen (secondary N) is 4. The quantitative estimate of drug-likeness (QED) is 0.429. The van der Waals surface area contributed by atoms with Gasteiger partial charge in [0.2, 0.25) is 35.4 Å². The summed E-state index contributed by atoms with van der Waals surface area (Å²) in [6.45, 7) is 5.98. The predicted octanol–water partition coefficient (Wildman–Crippen LogP) is 1.16. The number of rotatable bonds is 5. The van der Waals surface area contributed by atoms with Crippen LogP contribution in [0.2, 0.25) is 0 Å². The highest BCUT2D eigenvalue weighted by Gasteiger charge is 2.38. The van der Waals surface area contributed by atoms with Crippen molar-refractivity contribution >= 4 is 23.6 Å². The minimum atomic E-state index is -0.845. The van der Waals surface area contributed by atoms with Crippen LogP contribution in [0.4, 0.5) is 0 Å². The summed E-state index contributed by atoms with van der Waals surface area (Å²) < 4.78 is 6.15. The molecule has 4 N–H and O–H groups in total. The van der Waals surface area contributed by atoms with Gasteiger partial charge in [0.15, 0.2) is 0 Å². The second-order valence-electron chi connectivity index (χ2n) is 10.8. The van der Waals surface area contributed by atoms with E-state index in [0.717, 1.165) is 12.0 Å². The zero-order chi connectivity index (χ0) is 28.6. The van der Waals surface area contributed by atoms with Crippen molar-refractivity contribution in [3.8, 4) is 0 Å². The lowest BCUT2D eigenvalue weighted by Crippen LogP contribution is -2.53. The Bertz CT molecular complexity index is 1180. The molecule has 2 aromatic rings. The highest BCUT2D eigenvalue weighted by molar-refractivity contribution is 5.92. The lowest BCUT2D eigenvalue weighted by molar-refractivity contribution is -0.132. The fraction of sp³-hybridized carbons (Fsp3) is 0.571. The van der Waals surface area contributed by atoms with Crippen LogP contribution in [0, 0.1) is 5.92 Å². The first kappa shape index (κ1) is 29.2. The number of hydrogen-bond acceptors (Lipinski definition) is 8. The average Bonchev–Trinajstić information content (AvgIpc) is 3.61. The Balaban J connectivity index is 1.64. The highest BCUT2D eigenvalue weighted by atomic mass is 16.4. The molecule has 2 bridgehead atoms. The van der Waals surface area contributed by atoms with E-state index in [1.54, 1.807) is 0 Å². The number of aromatic nitrogens is 2. The summed E-state index contributed by atoms with van der Waals surface area (Å²) in [7, 11) is 0. The van der Waals surface area contributed by atoms with Crippen molar-refractivity contribution in [2.45, 2.75) is 77.0 Å². The number of benzene rings is 1. The second kappa shape index (κ2) is 13.5. The predicted molar refractivity (Wildman–Crippen MR) is 145 cm³/mol. The van der Waals surface area contributed by atoms with Gasteiger partial charge in [-0.15, -0.1) is 10.2 Å². The molecule has 0 saturated carbocycles. The van der Waals surface area contributed by atoms with Crippen LogP contribution in [0.1, 0.15) is 75.9 Å². The molecule has 4 rings (SSSR count). The normalized spacial score (nSPS) is 25.3. The number of fused-ring (bicyclic) bond motifs is 3. The summed E-state index contributed by atoms with van der Waals surface area (Å²) in [6.07, 6.45) is 2.86. The lowest BCUT2D eigenvalue weighted by atomic mass is 10.0. The molecule has 1 fully saturated rings. The van der Waals surface area contributed by atoms with Crippen LogP contribution in [0.25, 0.3) is 0 Å². The maximum absolute atomic E-state index is 13.1. The largest absolute Gasteiger partial charge is 0.421 e. The third kappa shape index (κ3) is 7.44. The molecule has 0 aliphatic carbocycles.